The van der Waals surface area contributed by atoms with E-state index in [4.69, 9.17) is 4.74 Å². The summed E-state index contributed by atoms with van der Waals surface area (Å²) < 4.78 is 5.01. The van der Waals surface area contributed by atoms with Gasteiger partial charge in [-0.1, -0.05) is 0 Å². The van der Waals surface area contributed by atoms with E-state index in [1.54, 1.807) is 0 Å². The molecule has 0 aromatic heterocycles. The Morgan fingerprint density at radius 2 is 2.27 bits per heavy atom. The smallest absolute Gasteiger partial charge is 0.409 e. The van der Waals surface area contributed by atoms with Crippen LogP contribution in [0.5, 0.6) is 0 Å². The molecule has 1 aliphatic heterocycles. The molecule has 0 spiro atoms. The summed E-state index contributed by atoms with van der Waals surface area (Å²) in [7, 11) is 4.15. The lowest BCUT2D eigenvalue weighted by molar-refractivity contribution is 0.0840. The minimum atomic E-state index is -0.152. The second-order valence-electron chi connectivity index (χ2n) is 4.42. The molecule has 0 radical (unpaired) electrons. The Hall–Kier alpha value is -0.770. The van der Waals surface area contributed by atoms with Gasteiger partial charge in [-0.05, 0) is 39.8 Å². The van der Waals surface area contributed by atoms with Crippen LogP contribution in [0.25, 0.3) is 0 Å². The molecular weight excluding hydrogens is 192 g/mol. The largest absolute Gasteiger partial charge is 0.450 e. The predicted molar refractivity (Wildman–Crippen MR) is 59.9 cm³/mol. The van der Waals surface area contributed by atoms with Crippen molar-refractivity contribution in [3.63, 3.8) is 0 Å². The van der Waals surface area contributed by atoms with E-state index in [2.05, 4.69) is 19.0 Å². The van der Waals surface area contributed by atoms with Crippen LogP contribution in [0.4, 0.5) is 4.79 Å². The van der Waals surface area contributed by atoms with Gasteiger partial charge < -0.3 is 14.5 Å². The highest BCUT2D eigenvalue weighted by Gasteiger charge is 2.24. The summed E-state index contributed by atoms with van der Waals surface area (Å²) >= 11 is 0. The maximum atomic E-state index is 11.5. The maximum absolute atomic E-state index is 11.5. The van der Waals surface area contributed by atoms with Crippen molar-refractivity contribution < 1.29 is 9.53 Å². The molecule has 0 unspecified atom stereocenters. The second-order valence-corrected chi connectivity index (χ2v) is 4.42. The molecule has 1 aliphatic rings. The van der Waals surface area contributed by atoms with Gasteiger partial charge in [-0.3, -0.25) is 0 Å². The number of amides is 1. The summed E-state index contributed by atoms with van der Waals surface area (Å²) in [5.41, 5.74) is 0. The summed E-state index contributed by atoms with van der Waals surface area (Å²) in [6.45, 7) is 5.06. The Balaban J connectivity index is 2.38. The number of ether oxygens (including phenoxy) is 1. The zero-order valence-electron chi connectivity index (χ0n) is 10.0. The van der Waals surface area contributed by atoms with Gasteiger partial charge in [-0.2, -0.15) is 0 Å². The third kappa shape index (κ3) is 4.08. The van der Waals surface area contributed by atoms with Crippen LogP contribution in [0.15, 0.2) is 0 Å². The van der Waals surface area contributed by atoms with Gasteiger partial charge in [0.2, 0.25) is 0 Å². The molecular formula is C11H22N2O2. The SMILES string of the molecule is CCOC(=O)N1CCC[C@H](CN(C)C)C1. The molecule has 0 N–H and O–H groups in total. The first kappa shape index (κ1) is 12.3. The molecule has 88 valence electrons. The van der Waals surface area contributed by atoms with Crippen molar-refractivity contribution in [2.75, 3.05) is 40.3 Å². The van der Waals surface area contributed by atoms with Crippen molar-refractivity contribution in [3.8, 4) is 0 Å². The standard InChI is InChI=1S/C11H22N2O2/c1-4-15-11(14)13-7-5-6-10(9-13)8-12(2)3/h10H,4-9H2,1-3H3/t10-/m1/s1. The first-order chi connectivity index (χ1) is 7.13. The average molecular weight is 214 g/mol. The van der Waals surface area contributed by atoms with Gasteiger partial charge in [0.1, 0.15) is 0 Å². The fourth-order valence-electron chi connectivity index (χ4n) is 2.11. The van der Waals surface area contributed by atoms with Crippen LogP contribution in [0.1, 0.15) is 19.8 Å². The summed E-state index contributed by atoms with van der Waals surface area (Å²) in [5, 5.41) is 0. The number of carbonyl (C=O) groups is 1. The molecule has 1 fully saturated rings. The third-order valence-electron chi connectivity index (χ3n) is 2.67. The fraction of sp³-hybridized carbons (Fsp3) is 0.909. The van der Waals surface area contributed by atoms with Gasteiger partial charge in [0, 0.05) is 19.6 Å². The second kappa shape index (κ2) is 5.95. The summed E-state index contributed by atoms with van der Waals surface area (Å²) in [5.74, 6) is 0.596. The van der Waals surface area contributed by atoms with E-state index in [1.807, 2.05) is 11.8 Å². The minimum Gasteiger partial charge on any atom is -0.450 e. The molecule has 1 rings (SSSR count). The molecule has 1 atom stereocenters. The Morgan fingerprint density at radius 3 is 2.87 bits per heavy atom. The first-order valence-corrected chi connectivity index (χ1v) is 5.70. The molecule has 0 aromatic carbocycles. The van der Waals surface area contributed by atoms with Crippen molar-refractivity contribution >= 4 is 6.09 Å². The normalized spacial score (nSPS) is 21.9. The highest BCUT2D eigenvalue weighted by molar-refractivity contribution is 5.67. The number of nitrogens with zero attached hydrogens (tertiary/aromatic N) is 2. The molecule has 1 heterocycles. The Morgan fingerprint density at radius 1 is 1.53 bits per heavy atom. The molecule has 4 nitrogen and oxygen atoms in total. The molecule has 0 bridgehead atoms. The lowest BCUT2D eigenvalue weighted by Gasteiger charge is -2.33. The van der Waals surface area contributed by atoms with Gasteiger partial charge in [0.05, 0.1) is 6.61 Å². The highest BCUT2D eigenvalue weighted by Crippen LogP contribution is 2.17. The van der Waals surface area contributed by atoms with E-state index in [0.29, 0.717) is 12.5 Å². The number of likely N-dealkylation sites (tertiary alicyclic amines) is 1. The van der Waals surface area contributed by atoms with Crippen LogP contribution in [0, 0.1) is 5.92 Å². The van der Waals surface area contributed by atoms with E-state index < -0.39 is 0 Å². The van der Waals surface area contributed by atoms with Gasteiger partial charge in [0.25, 0.3) is 0 Å². The highest BCUT2D eigenvalue weighted by atomic mass is 16.6. The molecule has 1 saturated heterocycles. The number of carbonyl (C=O) groups excluding carboxylic acids is 1. The first-order valence-electron chi connectivity index (χ1n) is 5.70. The van der Waals surface area contributed by atoms with Crippen LogP contribution in [0.3, 0.4) is 0 Å². The van der Waals surface area contributed by atoms with Crippen LogP contribution < -0.4 is 0 Å². The van der Waals surface area contributed by atoms with Crippen molar-refractivity contribution in [1.82, 2.24) is 9.80 Å². The Bertz CT molecular complexity index is 207. The van der Waals surface area contributed by atoms with Crippen molar-refractivity contribution in [2.45, 2.75) is 19.8 Å². The zero-order valence-corrected chi connectivity index (χ0v) is 10.0. The van der Waals surface area contributed by atoms with Gasteiger partial charge in [-0.25, -0.2) is 4.79 Å². The Labute approximate surface area is 92.2 Å². The lowest BCUT2D eigenvalue weighted by atomic mass is 9.98. The van der Waals surface area contributed by atoms with Gasteiger partial charge in [-0.15, -0.1) is 0 Å². The van der Waals surface area contributed by atoms with Gasteiger partial charge >= 0.3 is 6.09 Å². The third-order valence-corrected chi connectivity index (χ3v) is 2.67. The molecule has 1 amide bonds. The average Bonchev–Trinajstić information content (AvgIpc) is 2.17. The van der Waals surface area contributed by atoms with Crippen LogP contribution in [-0.2, 0) is 4.74 Å². The number of piperidine rings is 1. The topological polar surface area (TPSA) is 32.8 Å². The number of hydrogen-bond donors (Lipinski definition) is 0. The van der Waals surface area contributed by atoms with E-state index >= 15 is 0 Å². The minimum absolute atomic E-state index is 0.152. The molecule has 0 aliphatic carbocycles. The van der Waals surface area contributed by atoms with Crippen molar-refractivity contribution in [2.24, 2.45) is 5.92 Å². The number of hydrogen-bond acceptors (Lipinski definition) is 3. The van der Waals surface area contributed by atoms with Crippen molar-refractivity contribution in [3.05, 3.63) is 0 Å². The van der Waals surface area contributed by atoms with Crippen molar-refractivity contribution in [1.29, 1.82) is 0 Å². The summed E-state index contributed by atoms with van der Waals surface area (Å²) in [6, 6.07) is 0. The van der Waals surface area contributed by atoms with Crippen LogP contribution >= 0.6 is 0 Å². The fourth-order valence-corrected chi connectivity index (χ4v) is 2.11. The van der Waals surface area contributed by atoms with Crippen LogP contribution in [0.2, 0.25) is 0 Å². The van der Waals surface area contributed by atoms with E-state index in [0.717, 1.165) is 26.1 Å². The lowest BCUT2D eigenvalue weighted by Crippen LogP contribution is -2.42. The summed E-state index contributed by atoms with van der Waals surface area (Å²) in [6.07, 6.45) is 2.16. The monoisotopic (exact) mass is 214 g/mol. The molecule has 15 heavy (non-hydrogen) atoms. The Kier molecular flexibility index (Phi) is 4.88. The molecule has 0 aromatic rings. The van der Waals surface area contributed by atoms with E-state index in [-0.39, 0.29) is 6.09 Å². The summed E-state index contributed by atoms with van der Waals surface area (Å²) in [4.78, 5) is 15.5. The zero-order chi connectivity index (χ0) is 11.3. The quantitative estimate of drug-likeness (QED) is 0.712. The molecule has 4 heteroatoms. The number of rotatable bonds is 3. The van der Waals surface area contributed by atoms with Crippen LogP contribution in [-0.4, -0.2) is 56.2 Å². The maximum Gasteiger partial charge on any atom is 0.409 e. The predicted octanol–water partition coefficient (Wildman–Crippen LogP) is 1.42. The van der Waals surface area contributed by atoms with E-state index in [1.165, 1.54) is 6.42 Å². The molecule has 0 saturated carbocycles. The van der Waals surface area contributed by atoms with E-state index in [9.17, 15) is 4.79 Å². The van der Waals surface area contributed by atoms with Gasteiger partial charge in [0.15, 0.2) is 0 Å².